The van der Waals surface area contributed by atoms with Crippen molar-refractivity contribution in [1.29, 1.82) is 0 Å². The predicted molar refractivity (Wildman–Crippen MR) is 125 cm³/mol. The molecule has 5 heteroatoms. The highest BCUT2D eigenvalue weighted by molar-refractivity contribution is 5.98. The smallest absolute Gasteiger partial charge is 0.251 e. The van der Waals surface area contributed by atoms with Gasteiger partial charge in [0.2, 0.25) is 0 Å². The van der Waals surface area contributed by atoms with Gasteiger partial charge in [-0.3, -0.25) is 14.5 Å². The zero-order valence-electron chi connectivity index (χ0n) is 19.0. The van der Waals surface area contributed by atoms with Gasteiger partial charge in [-0.25, -0.2) is 0 Å². The molecule has 31 heavy (non-hydrogen) atoms. The molecule has 0 radical (unpaired) electrons. The maximum Gasteiger partial charge on any atom is 0.251 e. The van der Waals surface area contributed by atoms with Gasteiger partial charge in [0.15, 0.2) is 0 Å². The zero-order chi connectivity index (χ0) is 22.3. The second-order valence-electron chi connectivity index (χ2n) is 9.47. The number of nitrogens with zero attached hydrogens (tertiary/aromatic N) is 1. The third-order valence-corrected chi connectivity index (χ3v) is 5.48. The third kappa shape index (κ3) is 7.51. The summed E-state index contributed by atoms with van der Waals surface area (Å²) in [7, 11) is 0. The summed E-state index contributed by atoms with van der Waals surface area (Å²) in [6.45, 7) is 9.68. The van der Waals surface area contributed by atoms with Crippen LogP contribution in [-0.4, -0.2) is 35.3 Å². The van der Waals surface area contributed by atoms with Crippen LogP contribution >= 0.6 is 0 Å². The van der Waals surface area contributed by atoms with Gasteiger partial charge in [-0.05, 0) is 82.1 Å². The molecule has 1 saturated heterocycles. The van der Waals surface area contributed by atoms with Crippen molar-refractivity contribution in [2.24, 2.45) is 0 Å². The van der Waals surface area contributed by atoms with Crippen LogP contribution in [0, 0.1) is 0 Å². The van der Waals surface area contributed by atoms with Crippen LogP contribution in [0.3, 0.4) is 0 Å². The van der Waals surface area contributed by atoms with Crippen LogP contribution in [0.25, 0.3) is 0 Å². The summed E-state index contributed by atoms with van der Waals surface area (Å²) in [5.41, 5.74) is 3.20. The number of carbonyl (C=O) groups excluding carboxylic acids is 2. The molecule has 1 aliphatic heterocycles. The minimum atomic E-state index is -0.296. The normalized spacial score (nSPS) is 15.2. The molecule has 2 aromatic rings. The number of nitrogens with one attached hydrogen (secondary N) is 2. The SMILES string of the molecule is CC(C)(C)NC(=O)c1ccc(C(=O)NCc2ccc(CN3CCCCCC3)cc2)cc1. The molecule has 0 atom stereocenters. The number of amides is 2. The summed E-state index contributed by atoms with van der Waals surface area (Å²) >= 11 is 0. The zero-order valence-corrected chi connectivity index (χ0v) is 19.0. The molecule has 2 amide bonds. The fourth-order valence-electron chi connectivity index (χ4n) is 3.79. The maximum atomic E-state index is 12.5. The molecule has 0 unspecified atom stereocenters. The lowest BCUT2D eigenvalue weighted by Crippen LogP contribution is -2.40. The first-order valence-electron chi connectivity index (χ1n) is 11.3. The number of hydrogen-bond acceptors (Lipinski definition) is 3. The Morgan fingerprint density at radius 2 is 1.29 bits per heavy atom. The molecular weight excluding hydrogens is 386 g/mol. The minimum Gasteiger partial charge on any atom is -0.348 e. The van der Waals surface area contributed by atoms with Crippen molar-refractivity contribution < 1.29 is 9.59 Å². The first-order chi connectivity index (χ1) is 14.8. The Bertz CT molecular complexity index is 859. The van der Waals surface area contributed by atoms with Gasteiger partial charge in [0.25, 0.3) is 11.8 Å². The summed E-state index contributed by atoms with van der Waals surface area (Å²) in [6, 6.07) is 15.3. The summed E-state index contributed by atoms with van der Waals surface area (Å²) in [5, 5.41) is 5.88. The van der Waals surface area contributed by atoms with Gasteiger partial charge in [0.05, 0.1) is 0 Å². The number of hydrogen-bond donors (Lipinski definition) is 2. The molecule has 2 N–H and O–H groups in total. The molecule has 1 aliphatic rings. The molecule has 0 aliphatic carbocycles. The monoisotopic (exact) mass is 421 g/mol. The molecule has 0 aromatic heterocycles. The first kappa shape index (κ1) is 23.0. The molecule has 1 heterocycles. The van der Waals surface area contributed by atoms with Crippen LogP contribution in [-0.2, 0) is 13.1 Å². The standard InChI is InChI=1S/C26H35N3O2/c1-26(2,3)28-25(31)23-14-12-22(13-15-23)24(30)27-18-20-8-10-21(11-9-20)19-29-16-6-4-5-7-17-29/h8-15H,4-7,16-19H2,1-3H3,(H,27,30)(H,28,31). The maximum absolute atomic E-state index is 12.5. The highest BCUT2D eigenvalue weighted by Crippen LogP contribution is 2.14. The summed E-state index contributed by atoms with van der Waals surface area (Å²) < 4.78 is 0. The Kier molecular flexibility index (Phi) is 7.85. The van der Waals surface area contributed by atoms with Crippen LogP contribution in [0.1, 0.15) is 78.3 Å². The highest BCUT2D eigenvalue weighted by atomic mass is 16.2. The van der Waals surface area contributed by atoms with Crippen molar-refractivity contribution in [1.82, 2.24) is 15.5 Å². The van der Waals surface area contributed by atoms with Crippen LogP contribution < -0.4 is 10.6 Å². The van der Waals surface area contributed by atoms with Gasteiger partial charge < -0.3 is 10.6 Å². The van der Waals surface area contributed by atoms with E-state index >= 15 is 0 Å². The molecule has 2 aromatic carbocycles. The lowest BCUT2D eigenvalue weighted by Gasteiger charge is -2.20. The Morgan fingerprint density at radius 1 is 0.774 bits per heavy atom. The fourth-order valence-corrected chi connectivity index (χ4v) is 3.79. The lowest BCUT2D eigenvalue weighted by atomic mass is 10.1. The van der Waals surface area contributed by atoms with Crippen molar-refractivity contribution in [2.45, 2.75) is 65.1 Å². The van der Waals surface area contributed by atoms with Crippen LogP contribution in [0.5, 0.6) is 0 Å². The van der Waals surface area contributed by atoms with E-state index in [9.17, 15) is 9.59 Å². The second-order valence-corrected chi connectivity index (χ2v) is 9.47. The number of benzene rings is 2. The lowest BCUT2D eigenvalue weighted by molar-refractivity contribution is 0.0915. The van der Waals surface area contributed by atoms with Crippen molar-refractivity contribution in [2.75, 3.05) is 13.1 Å². The Hall–Kier alpha value is -2.66. The molecule has 5 nitrogen and oxygen atoms in total. The van der Waals surface area contributed by atoms with Crippen LogP contribution in [0.2, 0.25) is 0 Å². The van der Waals surface area contributed by atoms with Crippen molar-refractivity contribution in [3.05, 3.63) is 70.8 Å². The van der Waals surface area contributed by atoms with Crippen molar-refractivity contribution in [3.8, 4) is 0 Å². The largest absolute Gasteiger partial charge is 0.348 e. The predicted octanol–water partition coefficient (Wildman–Crippen LogP) is 4.52. The Morgan fingerprint density at radius 3 is 1.84 bits per heavy atom. The third-order valence-electron chi connectivity index (χ3n) is 5.48. The van der Waals surface area contributed by atoms with Gasteiger partial charge in [0.1, 0.15) is 0 Å². The van der Waals surface area contributed by atoms with Crippen LogP contribution in [0.15, 0.2) is 48.5 Å². The van der Waals surface area contributed by atoms with E-state index in [0.717, 1.165) is 12.1 Å². The summed E-state index contributed by atoms with van der Waals surface area (Å²) in [4.78, 5) is 27.2. The van der Waals surface area contributed by atoms with Gasteiger partial charge in [0, 0.05) is 29.8 Å². The molecule has 0 saturated carbocycles. The summed E-state index contributed by atoms with van der Waals surface area (Å²) in [5.74, 6) is -0.281. The van der Waals surface area contributed by atoms with E-state index in [1.165, 1.54) is 44.3 Å². The van der Waals surface area contributed by atoms with E-state index in [1.54, 1.807) is 24.3 Å². The minimum absolute atomic E-state index is 0.139. The molecule has 3 rings (SSSR count). The molecule has 0 bridgehead atoms. The quantitative estimate of drug-likeness (QED) is 0.721. The van der Waals surface area contributed by atoms with Crippen LogP contribution in [0.4, 0.5) is 0 Å². The van der Waals surface area contributed by atoms with E-state index < -0.39 is 0 Å². The Balaban J connectivity index is 1.49. The van der Waals surface area contributed by atoms with Gasteiger partial charge >= 0.3 is 0 Å². The average molecular weight is 422 g/mol. The van der Waals surface area contributed by atoms with Gasteiger partial charge in [-0.1, -0.05) is 37.1 Å². The highest BCUT2D eigenvalue weighted by Gasteiger charge is 2.16. The molecule has 1 fully saturated rings. The molecule has 0 spiro atoms. The van der Waals surface area contributed by atoms with Gasteiger partial charge in [-0.2, -0.15) is 0 Å². The number of rotatable bonds is 6. The van der Waals surface area contributed by atoms with Crippen molar-refractivity contribution >= 4 is 11.8 Å². The topological polar surface area (TPSA) is 61.4 Å². The molecular formula is C26H35N3O2. The van der Waals surface area contributed by atoms with Crippen molar-refractivity contribution in [3.63, 3.8) is 0 Å². The van der Waals surface area contributed by atoms with Gasteiger partial charge in [-0.15, -0.1) is 0 Å². The molecule has 166 valence electrons. The van der Waals surface area contributed by atoms with E-state index in [-0.39, 0.29) is 17.4 Å². The van der Waals surface area contributed by atoms with E-state index in [2.05, 4.69) is 39.8 Å². The second kappa shape index (κ2) is 10.6. The number of likely N-dealkylation sites (tertiary alicyclic amines) is 1. The summed E-state index contributed by atoms with van der Waals surface area (Å²) in [6.07, 6.45) is 5.29. The fraction of sp³-hybridized carbons (Fsp3) is 0.462. The number of carbonyl (C=O) groups is 2. The first-order valence-corrected chi connectivity index (χ1v) is 11.3. The van der Waals surface area contributed by atoms with E-state index in [1.807, 2.05) is 20.8 Å². The average Bonchev–Trinajstić information content (AvgIpc) is 3.00. The van der Waals surface area contributed by atoms with E-state index in [4.69, 9.17) is 0 Å². The van der Waals surface area contributed by atoms with E-state index in [0.29, 0.717) is 17.7 Å². The Labute approximate surface area is 186 Å².